The summed E-state index contributed by atoms with van der Waals surface area (Å²) in [6.45, 7) is 4.40. The second kappa shape index (κ2) is 20.4. The van der Waals surface area contributed by atoms with Crippen LogP contribution in [0, 0.1) is 5.92 Å². The van der Waals surface area contributed by atoms with Crippen LogP contribution in [0.2, 0.25) is 0 Å². The van der Waals surface area contributed by atoms with E-state index in [1.165, 1.54) is 70.6 Å². The molecule has 0 aliphatic rings. The zero-order valence-electron chi connectivity index (χ0n) is 18.4. The van der Waals surface area contributed by atoms with Gasteiger partial charge in [0.05, 0.1) is 18.9 Å². The summed E-state index contributed by atoms with van der Waals surface area (Å²) in [6, 6.07) is 0. The van der Waals surface area contributed by atoms with E-state index in [0.717, 1.165) is 19.3 Å². The average molecular weight is 397 g/mol. The maximum absolute atomic E-state index is 11.9. The quantitative estimate of drug-likeness (QED) is 0.136. The zero-order chi connectivity index (χ0) is 20.9. The first-order valence-electron chi connectivity index (χ1n) is 11.6. The van der Waals surface area contributed by atoms with Crippen LogP contribution in [0.3, 0.4) is 0 Å². The Morgan fingerprint density at radius 3 is 1.82 bits per heavy atom. The van der Waals surface area contributed by atoms with E-state index in [1.807, 2.05) is 6.92 Å². The van der Waals surface area contributed by atoms with Crippen molar-refractivity contribution in [3.05, 3.63) is 12.2 Å². The monoisotopic (exact) mass is 396 g/mol. The number of hydrogen-bond acceptors (Lipinski definition) is 3. The summed E-state index contributed by atoms with van der Waals surface area (Å²) in [7, 11) is 0. The van der Waals surface area contributed by atoms with Gasteiger partial charge in [0.15, 0.2) is 0 Å². The summed E-state index contributed by atoms with van der Waals surface area (Å²) in [5.74, 6) is -1.75. The Morgan fingerprint density at radius 2 is 1.36 bits per heavy atom. The first-order valence-corrected chi connectivity index (χ1v) is 11.6. The van der Waals surface area contributed by atoms with Crippen molar-refractivity contribution in [3.63, 3.8) is 0 Å². The van der Waals surface area contributed by atoms with E-state index in [2.05, 4.69) is 19.1 Å². The van der Waals surface area contributed by atoms with Crippen LogP contribution in [0.5, 0.6) is 0 Å². The molecule has 0 fully saturated rings. The molecule has 0 spiro atoms. The van der Waals surface area contributed by atoms with Gasteiger partial charge in [0.25, 0.3) is 0 Å². The Balaban J connectivity index is 3.52. The number of allylic oxidation sites excluding steroid dienone is 2. The topological polar surface area (TPSA) is 63.6 Å². The van der Waals surface area contributed by atoms with Gasteiger partial charge in [-0.15, -0.1) is 0 Å². The van der Waals surface area contributed by atoms with E-state index in [1.54, 1.807) is 0 Å². The fourth-order valence-corrected chi connectivity index (χ4v) is 3.42. The number of carbonyl (C=O) groups is 2. The number of hydrogen-bond donors (Lipinski definition) is 1. The van der Waals surface area contributed by atoms with Crippen LogP contribution >= 0.6 is 0 Å². The number of esters is 1. The third-order valence-corrected chi connectivity index (χ3v) is 5.11. The van der Waals surface area contributed by atoms with Gasteiger partial charge in [0.1, 0.15) is 0 Å². The molecule has 1 unspecified atom stereocenters. The van der Waals surface area contributed by atoms with Crippen molar-refractivity contribution in [3.8, 4) is 0 Å². The predicted molar refractivity (Wildman–Crippen MR) is 116 cm³/mol. The number of carbonyl (C=O) groups excluding carboxylic acids is 1. The van der Waals surface area contributed by atoms with Crippen LogP contribution in [0.1, 0.15) is 117 Å². The molecule has 0 heterocycles. The lowest BCUT2D eigenvalue weighted by Crippen LogP contribution is -2.21. The second-order valence-electron chi connectivity index (χ2n) is 7.85. The van der Waals surface area contributed by atoms with Crippen LogP contribution in [-0.4, -0.2) is 23.7 Å². The molecule has 0 aromatic carbocycles. The molecule has 0 amide bonds. The highest BCUT2D eigenvalue weighted by Crippen LogP contribution is 2.18. The smallest absolute Gasteiger partial charge is 0.309 e. The van der Waals surface area contributed by atoms with Crippen LogP contribution in [0.15, 0.2) is 12.2 Å². The van der Waals surface area contributed by atoms with Gasteiger partial charge >= 0.3 is 11.9 Å². The van der Waals surface area contributed by atoms with E-state index >= 15 is 0 Å². The lowest BCUT2D eigenvalue weighted by atomic mass is 9.97. The highest BCUT2D eigenvalue weighted by molar-refractivity contribution is 5.79. The molecule has 0 radical (unpaired) electrons. The molecule has 0 aromatic heterocycles. The summed E-state index contributed by atoms with van der Waals surface area (Å²) in [4.78, 5) is 22.9. The number of carboxylic acid groups (broad SMARTS) is 1. The Hall–Kier alpha value is -1.32. The Kier molecular flexibility index (Phi) is 19.5. The number of unbranched alkanes of at least 4 members (excludes halogenated alkanes) is 12. The molecule has 0 aliphatic carbocycles. The lowest BCUT2D eigenvalue weighted by Gasteiger charge is -2.13. The Morgan fingerprint density at radius 1 is 0.857 bits per heavy atom. The van der Waals surface area contributed by atoms with E-state index in [9.17, 15) is 9.59 Å². The highest BCUT2D eigenvalue weighted by atomic mass is 16.5. The van der Waals surface area contributed by atoms with E-state index in [-0.39, 0.29) is 12.4 Å². The molecule has 0 aliphatic heterocycles. The predicted octanol–water partition coefficient (Wildman–Crippen LogP) is 7.07. The molecule has 0 saturated heterocycles. The van der Waals surface area contributed by atoms with Crippen molar-refractivity contribution < 1.29 is 19.4 Å². The lowest BCUT2D eigenvalue weighted by molar-refractivity contribution is -0.153. The molecule has 164 valence electrons. The standard InChI is InChI=1S/C24H44O4/c1-3-5-6-7-8-9-10-11-12-13-14-15-16-17-18-19-22(21-23(25)26)24(27)28-20-4-2/h3,5,22H,4,6-21H2,1-2H3,(H,25,26)/b5-3+. The number of carboxylic acids is 1. The Bertz CT molecular complexity index is 403. The van der Waals surface area contributed by atoms with Gasteiger partial charge in [-0.1, -0.05) is 89.7 Å². The van der Waals surface area contributed by atoms with Crippen LogP contribution in [0.25, 0.3) is 0 Å². The van der Waals surface area contributed by atoms with Crippen LogP contribution in [0.4, 0.5) is 0 Å². The highest BCUT2D eigenvalue weighted by Gasteiger charge is 2.22. The van der Waals surface area contributed by atoms with Crippen LogP contribution in [-0.2, 0) is 14.3 Å². The van der Waals surface area contributed by atoms with Crippen LogP contribution < -0.4 is 0 Å². The minimum atomic E-state index is -0.920. The number of ether oxygens (including phenoxy) is 1. The molecule has 1 atom stereocenters. The summed E-state index contributed by atoms with van der Waals surface area (Å²) in [6.07, 6.45) is 22.0. The largest absolute Gasteiger partial charge is 0.481 e. The van der Waals surface area contributed by atoms with E-state index in [4.69, 9.17) is 9.84 Å². The van der Waals surface area contributed by atoms with Gasteiger partial charge in [-0.05, 0) is 32.6 Å². The van der Waals surface area contributed by atoms with Crippen molar-refractivity contribution in [1.82, 2.24) is 0 Å². The molecular formula is C24H44O4. The summed E-state index contributed by atoms with van der Waals surface area (Å²) < 4.78 is 5.12. The molecule has 4 heteroatoms. The minimum absolute atomic E-state index is 0.113. The summed E-state index contributed by atoms with van der Waals surface area (Å²) >= 11 is 0. The number of rotatable bonds is 20. The van der Waals surface area contributed by atoms with Gasteiger partial charge in [0, 0.05) is 0 Å². The van der Waals surface area contributed by atoms with Gasteiger partial charge in [0.2, 0.25) is 0 Å². The fourth-order valence-electron chi connectivity index (χ4n) is 3.42. The summed E-state index contributed by atoms with van der Waals surface area (Å²) in [5, 5.41) is 8.97. The maximum atomic E-state index is 11.9. The van der Waals surface area contributed by atoms with Gasteiger partial charge in [-0.3, -0.25) is 9.59 Å². The SMILES string of the molecule is C/C=C/CCCCCCCCCCCCCCC(CC(=O)O)C(=O)OCCC. The van der Waals surface area contributed by atoms with E-state index < -0.39 is 11.9 Å². The zero-order valence-corrected chi connectivity index (χ0v) is 18.4. The van der Waals surface area contributed by atoms with Crippen molar-refractivity contribution in [1.29, 1.82) is 0 Å². The minimum Gasteiger partial charge on any atom is -0.481 e. The molecule has 28 heavy (non-hydrogen) atoms. The van der Waals surface area contributed by atoms with Gasteiger partial charge in [-0.25, -0.2) is 0 Å². The molecule has 0 bridgehead atoms. The average Bonchev–Trinajstić information content (AvgIpc) is 2.67. The fraction of sp³-hybridized carbons (Fsp3) is 0.833. The third kappa shape index (κ3) is 18.1. The normalized spacial score (nSPS) is 12.4. The van der Waals surface area contributed by atoms with Crippen molar-refractivity contribution >= 4 is 11.9 Å². The first kappa shape index (κ1) is 26.7. The Labute approximate surface area is 173 Å². The number of aliphatic carboxylic acids is 1. The molecule has 0 rings (SSSR count). The molecule has 0 saturated carbocycles. The first-order chi connectivity index (χ1) is 13.6. The second-order valence-corrected chi connectivity index (χ2v) is 7.85. The molecule has 1 N–H and O–H groups in total. The third-order valence-electron chi connectivity index (χ3n) is 5.11. The van der Waals surface area contributed by atoms with Gasteiger partial charge < -0.3 is 9.84 Å². The molecule has 0 aromatic rings. The van der Waals surface area contributed by atoms with E-state index in [0.29, 0.717) is 13.0 Å². The summed E-state index contributed by atoms with van der Waals surface area (Å²) in [5.41, 5.74) is 0. The maximum Gasteiger partial charge on any atom is 0.309 e. The van der Waals surface area contributed by atoms with Crippen molar-refractivity contribution in [2.45, 2.75) is 117 Å². The molecule has 4 nitrogen and oxygen atoms in total. The van der Waals surface area contributed by atoms with Crippen molar-refractivity contribution in [2.24, 2.45) is 5.92 Å². The molecular weight excluding hydrogens is 352 g/mol. The van der Waals surface area contributed by atoms with Crippen molar-refractivity contribution in [2.75, 3.05) is 6.61 Å². The van der Waals surface area contributed by atoms with Gasteiger partial charge in [-0.2, -0.15) is 0 Å².